The van der Waals surface area contributed by atoms with Crippen molar-refractivity contribution in [2.45, 2.75) is 12.4 Å². The fourth-order valence-electron chi connectivity index (χ4n) is 0. The third kappa shape index (κ3) is 2.73. The van der Waals surface area contributed by atoms with E-state index in [1.54, 1.807) is 0 Å². The highest BCUT2D eigenvalue weighted by Crippen LogP contribution is 1.93. The van der Waals surface area contributed by atoms with Gasteiger partial charge in [-0.2, -0.15) is 0 Å². The maximum atomic E-state index is 10.4. The first-order chi connectivity index (χ1) is 2.94. The van der Waals surface area contributed by atoms with Gasteiger partial charge in [0.25, 0.3) is 0 Å². The van der Waals surface area contributed by atoms with Gasteiger partial charge in [-0.15, -0.1) is 0 Å². The van der Waals surface area contributed by atoms with Crippen molar-refractivity contribution < 1.29 is 9.32 Å². The van der Waals surface area contributed by atoms with Gasteiger partial charge in [0.2, 0.25) is 0 Å². The van der Waals surface area contributed by atoms with Crippen LogP contribution in [0.15, 0.2) is 0 Å². The smallest absolute Gasteiger partial charge is 0.115 e. The second kappa shape index (κ2) is 1.90. The Bertz CT molecular complexity index is 95.1. The third-order valence-corrected chi connectivity index (χ3v) is 2.23. The molecule has 46 valence electrons. The maximum absolute atomic E-state index is 10.4. The van der Waals surface area contributed by atoms with Crippen LogP contribution in [0.25, 0.3) is 0 Å². The zero-order valence-corrected chi connectivity index (χ0v) is 5.35. The van der Waals surface area contributed by atoms with Crippen LogP contribution >= 0.6 is 0 Å². The van der Waals surface area contributed by atoms with Crippen molar-refractivity contribution in [3.63, 3.8) is 0 Å². The Morgan fingerprint density at radius 2 is 2.00 bits per heavy atom. The van der Waals surface area contributed by atoms with Crippen LogP contribution in [0.3, 0.4) is 0 Å². The predicted molar refractivity (Wildman–Crippen MR) is 31.3 cm³/mol. The van der Waals surface area contributed by atoms with Crippen LogP contribution in [-0.4, -0.2) is 21.0 Å². The summed E-state index contributed by atoms with van der Waals surface area (Å²) in [5.41, 5.74) is -0.868. The molecule has 3 nitrogen and oxygen atoms in total. The van der Waals surface area contributed by atoms with Crippen LogP contribution in [0.1, 0.15) is 6.92 Å². The zero-order valence-electron chi connectivity index (χ0n) is 4.46. The highest BCUT2D eigenvalue weighted by Gasteiger charge is 2.05. The largest absolute Gasteiger partial charge is 0.381 e. The molecule has 0 fully saturated rings. The quantitative estimate of drug-likeness (QED) is 0.387. The Balaban J connectivity index is 3.80. The molecule has 7 heavy (non-hydrogen) atoms. The van der Waals surface area contributed by atoms with Crippen LogP contribution in [0.2, 0.25) is 0 Å². The molecule has 0 aliphatic carbocycles. The lowest BCUT2D eigenvalue weighted by atomic mass is 10.9. The highest BCUT2D eigenvalue weighted by atomic mass is 32.3. The molecule has 0 aliphatic heterocycles. The van der Waals surface area contributed by atoms with Gasteiger partial charge in [0.1, 0.15) is 5.44 Å². The summed E-state index contributed by atoms with van der Waals surface area (Å²) in [7, 11) is -2.68. The number of hydrogen-bond acceptors (Lipinski definition) is 2. The Hall–Kier alpha value is 0.0700. The van der Waals surface area contributed by atoms with Crippen LogP contribution in [0.5, 0.6) is 0 Å². The first-order valence-electron chi connectivity index (χ1n) is 1.98. The third-order valence-electron chi connectivity index (χ3n) is 0.742. The molecule has 4 heteroatoms. The van der Waals surface area contributed by atoms with E-state index < -0.39 is 15.6 Å². The molecule has 0 aromatic rings. The Kier molecular flexibility index (Phi) is 1.92. The highest BCUT2D eigenvalue weighted by molar-refractivity contribution is 8.00. The normalized spacial score (nSPS) is 18.9. The van der Waals surface area contributed by atoms with Crippen LogP contribution in [-0.2, 0) is 10.1 Å². The molecule has 1 atom stereocenters. The molecule has 0 spiro atoms. The van der Waals surface area contributed by atoms with E-state index in [1.165, 1.54) is 13.2 Å². The molecule has 0 aromatic heterocycles. The van der Waals surface area contributed by atoms with Gasteiger partial charge in [0, 0.05) is 6.26 Å². The van der Waals surface area contributed by atoms with Crippen molar-refractivity contribution in [2.75, 3.05) is 6.26 Å². The minimum absolute atomic E-state index is 0.868. The average Bonchev–Trinajstić information content (AvgIpc) is 1.31. The number of rotatable bonds is 1. The predicted octanol–water partition coefficient (Wildman–Crippen LogP) is -1.16. The molecule has 0 amide bonds. The fraction of sp³-hybridized carbons (Fsp3) is 1.00. The van der Waals surface area contributed by atoms with E-state index in [0.29, 0.717) is 0 Å². The molecule has 0 radical (unpaired) electrons. The van der Waals surface area contributed by atoms with Crippen LogP contribution in [0.4, 0.5) is 0 Å². The molecule has 0 saturated carbocycles. The van der Waals surface area contributed by atoms with Gasteiger partial charge < -0.3 is 5.11 Å². The van der Waals surface area contributed by atoms with E-state index in [1.807, 2.05) is 0 Å². The molecule has 0 aromatic carbocycles. The van der Waals surface area contributed by atoms with E-state index in [9.17, 15) is 4.21 Å². The number of aliphatic hydroxyl groups is 1. The van der Waals surface area contributed by atoms with Crippen molar-refractivity contribution in [1.29, 1.82) is 0 Å². The molecule has 0 heterocycles. The molecule has 3 N–H and O–H groups in total. The second-order valence-corrected chi connectivity index (χ2v) is 4.56. The summed E-state index contributed by atoms with van der Waals surface area (Å²) in [6.07, 6.45) is 1.34. The lowest BCUT2D eigenvalue weighted by molar-refractivity contribution is 0.274. The number of nitrogens with two attached hydrogens (primary N) is 1. The van der Waals surface area contributed by atoms with Crippen molar-refractivity contribution in [3.8, 4) is 0 Å². The van der Waals surface area contributed by atoms with Crippen molar-refractivity contribution in [1.82, 2.24) is 0 Å². The average molecular weight is 125 g/mol. The molecule has 0 rings (SSSR count). The molecule has 0 bridgehead atoms. The molecular formula is C3H11NO2S. The van der Waals surface area contributed by atoms with E-state index in [-0.39, 0.29) is 0 Å². The maximum Gasteiger partial charge on any atom is 0.115 e. The standard InChI is InChI=1S/C3H11NO2S/c1-3(5)7(2,4)6/h3,5,7H,1-2H3,(H2,4,6). The molecule has 0 saturated heterocycles. The fourth-order valence-corrected chi connectivity index (χ4v) is 0. The Labute approximate surface area is 44.1 Å². The molecule has 0 aliphatic rings. The van der Waals surface area contributed by atoms with Crippen LogP contribution < -0.4 is 5.14 Å². The monoisotopic (exact) mass is 125 g/mol. The van der Waals surface area contributed by atoms with E-state index in [0.717, 1.165) is 0 Å². The molecule has 1 unspecified atom stereocenters. The van der Waals surface area contributed by atoms with Crippen LogP contribution in [0, 0.1) is 0 Å². The van der Waals surface area contributed by atoms with Crippen molar-refractivity contribution in [3.05, 3.63) is 0 Å². The summed E-state index contributed by atoms with van der Waals surface area (Å²) in [5, 5.41) is 13.5. The summed E-state index contributed by atoms with van der Waals surface area (Å²) >= 11 is 0. The number of aliphatic hydroxyl groups excluding tert-OH is 1. The van der Waals surface area contributed by atoms with Gasteiger partial charge >= 0.3 is 0 Å². The van der Waals surface area contributed by atoms with Crippen molar-refractivity contribution >= 4 is 10.1 Å². The minimum atomic E-state index is -2.68. The van der Waals surface area contributed by atoms with Gasteiger partial charge in [0.15, 0.2) is 0 Å². The Morgan fingerprint density at radius 1 is 1.86 bits per heavy atom. The summed E-state index contributed by atoms with van der Waals surface area (Å²) in [6.45, 7) is 1.42. The van der Waals surface area contributed by atoms with Gasteiger partial charge in [-0.25, -0.2) is 0 Å². The summed E-state index contributed by atoms with van der Waals surface area (Å²) in [6, 6.07) is 0. The zero-order chi connectivity index (χ0) is 6.08. The van der Waals surface area contributed by atoms with E-state index in [4.69, 9.17) is 10.2 Å². The van der Waals surface area contributed by atoms with E-state index >= 15 is 0 Å². The minimum Gasteiger partial charge on any atom is -0.381 e. The first kappa shape index (κ1) is 7.07. The lowest BCUT2D eigenvalue weighted by Gasteiger charge is -2.14. The van der Waals surface area contributed by atoms with Gasteiger partial charge in [-0.1, -0.05) is 0 Å². The topological polar surface area (TPSA) is 63.3 Å². The SMILES string of the molecule is CC(O)[SH](C)(N)=O. The van der Waals surface area contributed by atoms with Gasteiger partial charge in [0.05, 0.1) is 0 Å². The summed E-state index contributed by atoms with van der Waals surface area (Å²) < 4.78 is 10.4. The van der Waals surface area contributed by atoms with E-state index in [2.05, 4.69) is 0 Å². The van der Waals surface area contributed by atoms with Crippen molar-refractivity contribution in [2.24, 2.45) is 5.14 Å². The lowest BCUT2D eigenvalue weighted by Crippen LogP contribution is -2.32. The van der Waals surface area contributed by atoms with Gasteiger partial charge in [-0.05, 0) is 17.0 Å². The molecular weight excluding hydrogens is 114 g/mol. The number of thiol groups is 1. The summed E-state index contributed by atoms with van der Waals surface area (Å²) in [4.78, 5) is 0. The Morgan fingerprint density at radius 3 is 2.00 bits per heavy atom. The van der Waals surface area contributed by atoms with Gasteiger partial charge in [-0.3, -0.25) is 9.35 Å². The number of hydrogen-bond donors (Lipinski definition) is 3. The summed E-state index contributed by atoms with van der Waals surface area (Å²) in [5.74, 6) is 0. The second-order valence-electron chi connectivity index (χ2n) is 1.69. The first-order valence-corrected chi connectivity index (χ1v) is 4.27.